The zero-order valence-electron chi connectivity index (χ0n) is 16.6. The number of hydrogen-bond acceptors (Lipinski definition) is 3. The molecule has 0 aliphatic carbocycles. The molecule has 1 aliphatic rings. The molecule has 0 aromatic heterocycles. The number of ether oxygens (including phenoxy) is 1. The smallest absolute Gasteiger partial charge is 0.175 e. The molecule has 2 aromatic carbocycles. The van der Waals surface area contributed by atoms with Gasteiger partial charge in [-0.15, -0.1) is 0 Å². The molecule has 0 unspecified atom stereocenters. The predicted octanol–water partition coefficient (Wildman–Crippen LogP) is 5.20. The first-order chi connectivity index (χ1) is 13.4. The van der Waals surface area contributed by atoms with E-state index in [1.807, 2.05) is 13.8 Å². The summed E-state index contributed by atoms with van der Waals surface area (Å²) >= 11 is 5.45. The summed E-state index contributed by atoms with van der Waals surface area (Å²) in [6.07, 6.45) is 2.33. The summed E-state index contributed by atoms with van der Waals surface area (Å²) in [5.74, 6) is 1.08. The van der Waals surface area contributed by atoms with Crippen molar-refractivity contribution in [1.82, 2.24) is 5.32 Å². The van der Waals surface area contributed by atoms with Gasteiger partial charge in [0.2, 0.25) is 0 Å². The summed E-state index contributed by atoms with van der Waals surface area (Å²) in [6, 6.07) is 10.4. The number of thiocarbonyl (C=S) groups is 1. The van der Waals surface area contributed by atoms with E-state index in [1.165, 1.54) is 23.3 Å². The van der Waals surface area contributed by atoms with E-state index >= 15 is 0 Å². The molecule has 150 valence electrons. The number of aryl methyl sites for hydroxylation is 1. The Morgan fingerprint density at radius 2 is 1.82 bits per heavy atom. The summed E-state index contributed by atoms with van der Waals surface area (Å²) in [4.78, 5) is 0. The van der Waals surface area contributed by atoms with E-state index in [4.69, 9.17) is 17.0 Å². The van der Waals surface area contributed by atoms with Crippen molar-refractivity contribution in [2.75, 3.05) is 23.7 Å². The fourth-order valence-corrected chi connectivity index (χ4v) is 3.77. The highest BCUT2D eigenvalue weighted by Gasteiger charge is 2.20. The molecule has 2 aromatic rings. The average Bonchev–Trinajstić information content (AvgIpc) is 2.66. The molecule has 1 aliphatic heterocycles. The molecule has 1 saturated heterocycles. The fraction of sp³-hybridized carbons (Fsp3) is 0.409. The van der Waals surface area contributed by atoms with E-state index in [0.29, 0.717) is 11.0 Å². The van der Waals surface area contributed by atoms with E-state index < -0.39 is 0 Å². The molecule has 3 rings (SSSR count). The molecule has 0 radical (unpaired) electrons. The predicted molar refractivity (Wildman–Crippen MR) is 118 cm³/mol. The number of nitrogens with one attached hydrogen (secondary N) is 3. The van der Waals surface area contributed by atoms with Gasteiger partial charge in [0.1, 0.15) is 11.6 Å². The van der Waals surface area contributed by atoms with E-state index in [-0.39, 0.29) is 11.9 Å². The second-order valence-corrected chi connectivity index (χ2v) is 7.89. The fourth-order valence-electron chi connectivity index (χ4n) is 3.54. The van der Waals surface area contributed by atoms with Crippen LogP contribution in [0.1, 0.15) is 43.7 Å². The first-order valence-corrected chi connectivity index (χ1v) is 10.2. The van der Waals surface area contributed by atoms with Crippen molar-refractivity contribution in [3.8, 4) is 5.75 Å². The van der Waals surface area contributed by atoms with Crippen LogP contribution < -0.4 is 20.7 Å². The molecule has 0 amide bonds. The van der Waals surface area contributed by atoms with Gasteiger partial charge in [-0.3, -0.25) is 0 Å². The topological polar surface area (TPSA) is 45.3 Å². The van der Waals surface area contributed by atoms with Gasteiger partial charge in [0.25, 0.3) is 0 Å². The zero-order chi connectivity index (χ0) is 20.1. The van der Waals surface area contributed by atoms with Crippen LogP contribution >= 0.6 is 12.2 Å². The van der Waals surface area contributed by atoms with Crippen molar-refractivity contribution in [3.63, 3.8) is 0 Å². The maximum Gasteiger partial charge on any atom is 0.175 e. The summed E-state index contributed by atoms with van der Waals surface area (Å²) in [6.45, 7) is 8.27. The highest BCUT2D eigenvalue weighted by atomic mass is 32.1. The Hall–Kier alpha value is -2.18. The molecule has 0 atom stereocenters. The molecule has 4 nitrogen and oxygen atoms in total. The molecule has 0 spiro atoms. The summed E-state index contributed by atoms with van der Waals surface area (Å²) in [5.41, 5.74) is 4.15. The number of rotatable bonds is 5. The summed E-state index contributed by atoms with van der Waals surface area (Å²) in [7, 11) is 0. The van der Waals surface area contributed by atoms with E-state index in [1.54, 1.807) is 12.1 Å². The van der Waals surface area contributed by atoms with Gasteiger partial charge in [0.05, 0.1) is 11.8 Å². The lowest BCUT2D eigenvalue weighted by atomic mass is 9.87. The average molecular weight is 402 g/mol. The maximum absolute atomic E-state index is 13.1. The molecule has 1 heterocycles. The molecule has 28 heavy (non-hydrogen) atoms. The Labute approximate surface area is 171 Å². The van der Waals surface area contributed by atoms with Gasteiger partial charge in [-0.1, -0.05) is 0 Å². The second-order valence-electron chi connectivity index (χ2n) is 7.48. The minimum Gasteiger partial charge on any atom is -0.489 e. The monoisotopic (exact) mass is 401 g/mol. The molecule has 0 bridgehead atoms. The van der Waals surface area contributed by atoms with Gasteiger partial charge in [-0.05, 0) is 112 Å². The SMILES string of the molecule is Cc1cc(NC(=S)Nc2ccc(F)cc2)c(OC(C)C)cc1C1CCNCC1. The standard InChI is InChI=1S/C22H28FN3OS/c1-14(2)27-21-13-19(16-8-10-24-11-9-16)15(3)12-20(21)26-22(28)25-18-6-4-17(23)5-7-18/h4-7,12-14,16,24H,8-11H2,1-3H3,(H2,25,26,28). The van der Waals surface area contributed by atoms with Gasteiger partial charge in [-0.2, -0.15) is 0 Å². The molecular formula is C22H28FN3OS. The van der Waals surface area contributed by atoms with Crippen LogP contribution in [0.2, 0.25) is 0 Å². The molecule has 6 heteroatoms. The molecule has 3 N–H and O–H groups in total. The van der Waals surface area contributed by atoms with Crippen molar-refractivity contribution < 1.29 is 9.13 Å². The van der Waals surface area contributed by atoms with Gasteiger partial charge in [0, 0.05) is 5.69 Å². The van der Waals surface area contributed by atoms with Gasteiger partial charge in [-0.25, -0.2) is 4.39 Å². The van der Waals surface area contributed by atoms with Gasteiger partial charge < -0.3 is 20.7 Å². The first kappa shape index (κ1) is 20.6. The Kier molecular flexibility index (Phi) is 6.86. The molecular weight excluding hydrogens is 373 g/mol. The number of piperidine rings is 1. The van der Waals surface area contributed by atoms with Crippen LogP contribution in [0, 0.1) is 12.7 Å². The van der Waals surface area contributed by atoms with E-state index in [0.717, 1.165) is 43.1 Å². The van der Waals surface area contributed by atoms with Gasteiger partial charge in [0.15, 0.2) is 5.11 Å². The van der Waals surface area contributed by atoms with Crippen molar-refractivity contribution in [1.29, 1.82) is 0 Å². The van der Waals surface area contributed by atoms with Crippen LogP contribution in [-0.2, 0) is 0 Å². The van der Waals surface area contributed by atoms with Crippen LogP contribution in [-0.4, -0.2) is 24.3 Å². The lowest BCUT2D eigenvalue weighted by Gasteiger charge is -2.26. The lowest BCUT2D eigenvalue weighted by molar-refractivity contribution is 0.243. The van der Waals surface area contributed by atoms with Crippen molar-refractivity contribution in [3.05, 3.63) is 53.3 Å². The molecule has 0 saturated carbocycles. The van der Waals surface area contributed by atoms with E-state index in [9.17, 15) is 4.39 Å². The van der Waals surface area contributed by atoms with Crippen molar-refractivity contribution in [2.24, 2.45) is 0 Å². The molecule has 1 fully saturated rings. The minimum atomic E-state index is -0.277. The Morgan fingerprint density at radius 1 is 1.14 bits per heavy atom. The van der Waals surface area contributed by atoms with Crippen LogP contribution in [0.3, 0.4) is 0 Å². The van der Waals surface area contributed by atoms with Crippen molar-refractivity contribution in [2.45, 2.75) is 45.6 Å². The first-order valence-electron chi connectivity index (χ1n) is 9.78. The third-order valence-electron chi connectivity index (χ3n) is 4.86. The summed E-state index contributed by atoms with van der Waals surface area (Å²) < 4.78 is 19.2. The number of hydrogen-bond donors (Lipinski definition) is 3. The normalized spacial score (nSPS) is 14.8. The second kappa shape index (κ2) is 9.34. The largest absolute Gasteiger partial charge is 0.489 e. The van der Waals surface area contributed by atoms with Crippen LogP contribution in [0.4, 0.5) is 15.8 Å². The zero-order valence-corrected chi connectivity index (χ0v) is 17.5. The third-order valence-corrected chi connectivity index (χ3v) is 5.06. The highest BCUT2D eigenvalue weighted by Crippen LogP contribution is 2.36. The maximum atomic E-state index is 13.1. The number of halogens is 1. The number of benzene rings is 2. The quantitative estimate of drug-likeness (QED) is 0.601. The van der Waals surface area contributed by atoms with Crippen LogP contribution in [0.15, 0.2) is 36.4 Å². The third kappa shape index (κ3) is 5.42. The Bertz CT molecular complexity index is 817. The van der Waals surface area contributed by atoms with Crippen LogP contribution in [0.25, 0.3) is 0 Å². The number of anilines is 2. The Morgan fingerprint density at radius 3 is 2.46 bits per heavy atom. The highest BCUT2D eigenvalue weighted by molar-refractivity contribution is 7.80. The van der Waals surface area contributed by atoms with Crippen LogP contribution in [0.5, 0.6) is 5.75 Å². The van der Waals surface area contributed by atoms with Gasteiger partial charge >= 0.3 is 0 Å². The van der Waals surface area contributed by atoms with Crippen molar-refractivity contribution >= 4 is 28.7 Å². The lowest BCUT2D eigenvalue weighted by Crippen LogP contribution is -2.27. The summed E-state index contributed by atoms with van der Waals surface area (Å²) in [5, 5.41) is 10.2. The minimum absolute atomic E-state index is 0.0581. The van der Waals surface area contributed by atoms with E-state index in [2.05, 4.69) is 35.0 Å². The Balaban J connectivity index is 1.80.